The second-order valence-electron chi connectivity index (χ2n) is 3.87. The first kappa shape index (κ1) is 10.0. The molecule has 0 radical (unpaired) electrons. The Morgan fingerprint density at radius 2 is 2.27 bits per heavy atom. The van der Waals surface area contributed by atoms with Gasteiger partial charge in [-0.1, -0.05) is 18.2 Å². The smallest absolute Gasteiger partial charge is 0.105 e. The molecule has 2 rings (SSSR count). The Labute approximate surface area is 90.1 Å². The van der Waals surface area contributed by atoms with E-state index in [9.17, 15) is 0 Å². The van der Waals surface area contributed by atoms with Crippen molar-refractivity contribution in [2.24, 2.45) is 5.73 Å². The van der Waals surface area contributed by atoms with Gasteiger partial charge < -0.3 is 10.6 Å². The van der Waals surface area contributed by atoms with Crippen LogP contribution < -0.4 is 10.6 Å². The number of para-hydroxylation sites is 1. The number of nitrogens with two attached hydrogens (primary N) is 1. The van der Waals surface area contributed by atoms with Gasteiger partial charge in [-0.15, -0.1) is 0 Å². The molecule has 1 aromatic carbocycles. The van der Waals surface area contributed by atoms with E-state index >= 15 is 0 Å². The van der Waals surface area contributed by atoms with Crippen molar-refractivity contribution in [1.29, 1.82) is 5.26 Å². The number of benzene rings is 1. The Balaban J connectivity index is 2.27. The van der Waals surface area contributed by atoms with Crippen molar-refractivity contribution in [3.05, 3.63) is 29.8 Å². The van der Waals surface area contributed by atoms with E-state index in [1.165, 1.54) is 11.3 Å². The maximum absolute atomic E-state index is 8.75. The summed E-state index contributed by atoms with van der Waals surface area (Å²) in [7, 11) is 0. The number of hydrogen-bond acceptors (Lipinski definition) is 3. The minimum absolute atomic E-state index is 0.470. The van der Waals surface area contributed by atoms with Crippen molar-refractivity contribution in [1.82, 2.24) is 0 Å². The van der Waals surface area contributed by atoms with Gasteiger partial charge in [-0.05, 0) is 24.6 Å². The van der Waals surface area contributed by atoms with E-state index in [2.05, 4.69) is 29.2 Å². The molecule has 1 aromatic rings. The average molecular weight is 201 g/mol. The molecule has 0 aliphatic carbocycles. The molecule has 3 heteroatoms. The highest BCUT2D eigenvalue weighted by Gasteiger charge is 2.26. The van der Waals surface area contributed by atoms with Crippen molar-refractivity contribution >= 4 is 5.69 Å². The van der Waals surface area contributed by atoms with Crippen molar-refractivity contribution in [2.75, 3.05) is 24.5 Å². The summed E-state index contributed by atoms with van der Waals surface area (Å²) >= 11 is 0. The third-order valence-electron chi connectivity index (χ3n) is 2.93. The van der Waals surface area contributed by atoms with E-state index in [0.29, 0.717) is 19.0 Å². The second kappa shape index (κ2) is 4.33. The molecule has 2 N–H and O–H groups in total. The van der Waals surface area contributed by atoms with Crippen LogP contribution in [-0.2, 0) is 0 Å². The standard InChI is InChI=1S/C12H15N3/c13-6-5-10-9-15(8-7-14)12-4-2-1-3-11(10)12/h1-4,10H,5-6,8-9,13H2. The number of rotatable bonds is 3. The topological polar surface area (TPSA) is 53.0 Å². The fraction of sp³-hybridized carbons (Fsp3) is 0.417. The summed E-state index contributed by atoms with van der Waals surface area (Å²) in [6.07, 6.45) is 0.999. The minimum Gasteiger partial charge on any atom is -0.357 e. The van der Waals surface area contributed by atoms with Gasteiger partial charge in [0.05, 0.1) is 6.07 Å². The summed E-state index contributed by atoms with van der Waals surface area (Å²) in [4.78, 5) is 2.13. The minimum atomic E-state index is 0.470. The van der Waals surface area contributed by atoms with Crippen LogP contribution in [-0.4, -0.2) is 19.6 Å². The molecule has 1 unspecified atom stereocenters. The zero-order valence-electron chi connectivity index (χ0n) is 8.69. The van der Waals surface area contributed by atoms with Crippen LogP contribution in [0.2, 0.25) is 0 Å². The first-order valence-corrected chi connectivity index (χ1v) is 5.27. The molecule has 78 valence electrons. The van der Waals surface area contributed by atoms with E-state index in [-0.39, 0.29) is 0 Å². The first-order valence-electron chi connectivity index (χ1n) is 5.27. The number of anilines is 1. The highest BCUT2D eigenvalue weighted by Crippen LogP contribution is 2.37. The maximum Gasteiger partial charge on any atom is 0.105 e. The summed E-state index contributed by atoms with van der Waals surface area (Å²) < 4.78 is 0. The molecule has 1 aliphatic rings. The van der Waals surface area contributed by atoms with Gasteiger partial charge in [0, 0.05) is 18.2 Å². The molecule has 0 saturated heterocycles. The lowest BCUT2D eigenvalue weighted by atomic mass is 9.98. The Kier molecular flexibility index (Phi) is 2.89. The van der Waals surface area contributed by atoms with Crippen molar-refractivity contribution in [2.45, 2.75) is 12.3 Å². The van der Waals surface area contributed by atoms with Gasteiger partial charge in [0.1, 0.15) is 6.54 Å². The molecule has 0 bridgehead atoms. The zero-order chi connectivity index (χ0) is 10.7. The van der Waals surface area contributed by atoms with Gasteiger partial charge in [-0.25, -0.2) is 0 Å². The lowest BCUT2D eigenvalue weighted by molar-refractivity contribution is 0.656. The number of hydrogen-bond donors (Lipinski definition) is 1. The van der Waals surface area contributed by atoms with Crippen LogP contribution in [0.15, 0.2) is 24.3 Å². The highest BCUT2D eigenvalue weighted by molar-refractivity contribution is 5.60. The van der Waals surface area contributed by atoms with Crippen LogP contribution in [0, 0.1) is 11.3 Å². The van der Waals surface area contributed by atoms with E-state index in [1.807, 2.05) is 6.07 Å². The summed E-state index contributed by atoms with van der Waals surface area (Å²) in [6.45, 7) is 2.11. The molecular weight excluding hydrogens is 186 g/mol. The number of nitrogens with zero attached hydrogens (tertiary/aromatic N) is 2. The van der Waals surface area contributed by atoms with Crippen LogP contribution >= 0.6 is 0 Å². The van der Waals surface area contributed by atoms with Gasteiger partial charge >= 0.3 is 0 Å². The SMILES string of the molecule is N#CCN1CC(CCN)c2ccccc21. The summed E-state index contributed by atoms with van der Waals surface area (Å²) in [5.74, 6) is 0.500. The molecule has 1 aliphatic heterocycles. The Morgan fingerprint density at radius 1 is 1.47 bits per heavy atom. The maximum atomic E-state index is 8.75. The van der Waals surface area contributed by atoms with Gasteiger partial charge in [-0.2, -0.15) is 5.26 Å². The largest absolute Gasteiger partial charge is 0.357 e. The third-order valence-corrected chi connectivity index (χ3v) is 2.93. The van der Waals surface area contributed by atoms with E-state index < -0.39 is 0 Å². The third kappa shape index (κ3) is 1.81. The summed E-state index contributed by atoms with van der Waals surface area (Å²) in [5, 5.41) is 8.75. The van der Waals surface area contributed by atoms with E-state index in [1.54, 1.807) is 0 Å². The summed E-state index contributed by atoms with van der Waals surface area (Å²) in [6, 6.07) is 10.5. The lowest BCUT2D eigenvalue weighted by Gasteiger charge is -2.15. The fourth-order valence-electron chi connectivity index (χ4n) is 2.27. The normalized spacial score (nSPS) is 18.7. The van der Waals surface area contributed by atoms with Crippen molar-refractivity contribution in [3.8, 4) is 6.07 Å². The molecular formula is C12H15N3. The molecule has 1 atom stereocenters. The molecule has 1 heterocycles. The van der Waals surface area contributed by atoms with Gasteiger partial charge in [0.2, 0.25) is 0 Å². The van der Waals surface area contributed by atoms with Crippen LogP contribution in [0.4, 0.5) is 5.69 Å². The van der Waals surface area contributed by atoms with Crippen LogP contribution in [0.25, 0.3) is 0 Å². The van der Waals surface area contributed by atoms with Crippen LogP contribution in [0.1, 0.15) is 17.9 Å². The van der Waals surface area contributed by atoms with Gasteiger partial charge in [-0.3, -0.25) is 0 Å². The molecule has 15 heavy (non-hydrogen) atoms. The predicted octanol–water partition coefficient (Wildman–Crippen LogP) is 1.46. The van der Waals surface area contributed by atoms with Gasteiger partial charge in [0.25, 0.3) is 0 Å². The average Bonchev–Trinajstić information content (AvgIpc) is 2.59. The second-order valence-corrected chi connectivity index (χ2v) is 3.87. The number of fused-ring (bicyclic) bond motifs is 1. The Hall–Kier alpha value is -1.53. The quantitative estimate of drug-likeness (QED) is 0.753. The highest BCUT2D eigenvalue weighted by atomic mass is 15.1. The number of nitriles is 1. The fourth-order valence-corrected chi connectivity index (χ4v) is 2.27. The Morgan fingerprint density at radius 3 is 3.00 bits per heavy atom. The molecule has 0 aromatic heterocycles. The van der Waals surface area contributed by atoms with Gasteiger partial charge in [0.15, 0.2) is 0 Å². The zero-order valence-corrected chi connectivity index (χ0v) is 8.69. The monoisotopic (exact) mass is 201 g/mol. The molecule has 0 saturated carbocycles. The van der Waals surface area contributed by atoms with E-state index in [4.69, 9.17) is 11.0 Å². The molecule has 0 fully saturated rings. The predicted molar refractivity (Wildman–Crippen MR) is 60.7 cm³/mol. The molecule has 0 spiro atoms. The first-order chi connectivity index (χ1) is 7.36. The van der Waals surface area contributed by atoms with Crippen molar-refractivity contribution < 1.29 is 0 Å². The summed E-state index contributed by atoms with van der Waals surface area (Å²) in [5.41, 5.74) is 8.15. The lowest BCUT2D eigenvalue weighted by Crippen LogP contribution is -2.22. The molecule has 3 nitrogen and oxygen atoms in total. The molecule has 0 amide bonds. The Bertz CT molecular complexity index is 381. The van der Waals surface area contributed by atoms with Crippen LogP contribution in [0.3, 0.4) is 0 Å². The van der Waals surface area contributed by atoms with E-state index in [0.717, 1.165) is 13.0 Å². The van der Waals surface area contributed by atoms with Crippen LogP contribution in [0.5, 0.6) is 0 Å². The van der Waals surface area contributed by atoms with Crippen molar-refractivity contribution in [3.63, 3.8) is 0 Å².